The molecule has 0 atom stereocenters. The molecule has 0 amide bonds. The molecule has 0 fully saturated rings. The summed E-state index contributed by atoms with van der Waals surface area (Å²) < 4.78 is 7.25. The van der Waals surface area contributed by atoms with E-state index in [9.17, 15) is 0 Å². The first-order valence-electron chi connectivity index (χ1n) is 23.3. The van der Waals surface area contributed by atoms with Gasteiger partial charge in [0.25, 0.3) is 0 Å². The van der Waals surface area contributed by atoms with Crippen molar-refractivity contribution in [3.8, 4) is 28.2 Å². The summed E-state index contributed by atoms with van der Waals surface area (Å²) >= 11 is 1.81. The summed E-state index contributed by atoms with van der Waals surface area (Å²) in [4.78, 5) is 5.10. The van der Waals surface area contributed by atoms with E-state index in [2.05, 4.69) is 256 Å². The highest BCUT2D eigenvalue weighted by molar-refractivity contribution is 7.98. The van der Waals surface area contributed by atoms with Crippen LogP contribution < -0.4 is 20.7 Å². The van der Waals surface area contributed by atoms with Gasteiger partial charge in [0.05, 0.1) is 38.8 Å². The quantitative estimate of drug-likeness (QED) is 0.118. The van der Waals surface area contributed by atoms with Gasteiger partial charge in [-0.3, -0.25) is 4.57 Å². The Kier molecular flexibility index (Phi) is 8.88. The first kappa shape index (κ1) is 39.0. The summed E-state index contributed by atoms with van der Waals surface area (Å²) in [5.41, 5.74) is 14.2. The van der Waals surface area contributed by atoms with E-state index in [1.54, 1.807) is 0 Å². The molecule has 10 aromatic carbocycles. The van der Waals surface area contributed by atoms with E-state index in [0.29, 0.717) is 0 Å². The smallest absolute Gasteiger partial charge is 0.179 e. The lowest BCUT2D eigenvalue weighted by Crippen LogP contribution is -2.74. The van der Waals surface area contributed by atoms with E-state index in [-0.39, 0.29) is 0 Å². The Morgan fingerprint density at radius 3 is 1.57 bits per heavy atom. The summed E-state index contributed by atoms with van der Waals surface area (Å²) in [7, 11) is -2.99. The van der Waals surface area contributed by atoms with Gasteiger partial charge in [-0.25, -0.2) is 4.98 Å². The Morgan fingerprint density at radius 2 is 0.882 bits per heavy atom. The maximum absolute atomic E-state index is 5.10. The van der Waals surface area contributed by atoms with Gasteiger partial charge >= 0.3 is 0 Å². The number of hydrogen-bond acceptors (Lipinski definition) is 2. The van der Waals surface area contributed by atoms with Crippen molar-refractivity contribution in [1.82, 2.24) is 18.7 Å². The highest BCUT2D eigenvalue weighted by Crippen LogP contribution is 2.39. The van der Waals surface area contributed by atoms with Gasteiger partial charge in [0, 0.05) is 38.7 Å². The van der Waals surface area contributed by atoms with Gasteiger partial charge in [0.15, 0.2) is 13.2 Å². The van der Waals surface area contributed by atoms with Crippen LogP contribution in [0.4, 0.5) is 0 Å². The van der Waals surface area contributed by atoms with Gasteiger partial charge < -0.3 is 9.13 Å². The van der Waals surface area contributed by atoms with E-state index < -0.39 is 8.07 Å². The minimum absolute atomic E-state index is 0.933. The normalized spacial score (nSPS) is 12.6. The second-order valence-electron chi connectivity index (χ2n) is 17.9. The van der Waals surface area contributed by atoms with Crippen molar-refractivity contribution in [3.63, 3.8) is 0 Å². The molecular formula is C62H42N4SSi. The molecule has 1 aliphatic heterocycles. The van der Waals surface area contributed by atoms with Crippen LogP contribution in [0, 0.1) is 0 Å². The predicted octanol–water partition coefficient (Wildman–Crippen LogP) is 12.9. The van der Waals surface area contributed by atoms with Gasteiger partial charge in [-0.05, 0) is 104 Å². The molecule has 1 aliphatic rings. The van der Waals surface area contributed by atoms with Crippen molar-refractivity contribution in [2.24, 2.45) is 0 Å². The fourth-order valence-electron chi connectivity index (χ4n) is 11.3. The molecule has 0 aliphatic carbocycles. The zero-order valence-electron chi connectivity index (χ0n) is 37.0. The molecule has 320 valence electrons. The number of aromatic nitrogens is 4. The summed E-state index contributed by atoms with van der Waals surface area (Å²) in [5, 5.41) is 11.4. The third-order valence-electron chi connectivity index (χ3n) is 14.3. The third-order valence-corrected chi connectivity index (χ3v) is 20.0. The molecule has 4 heterocycles. The number of rotatable bonds is 7. The molecule has 4 nitrogen and oxygen atoms in total. The highest BCUT2D eigenvalue weighted by Gasteiger charge is 2.42. The van der Waals surface area contributed by atoms with Gasteiger partial charge in [0.2, 0.25) is 0 Å². The molecule has 0 bridgehead atoms. The number of benzene rings is 10. The molecule has 3 aromatic heterocycles. The number of para-hydroxylation sites is 4. The predicted molar refractivity (Wildman–Crippen MR) is 288 cm³/mol. The van der Waals surface area contributed by atoms with Crippen molar-refractivity contribution >= 4 is 95.2 Å². The standard InChI is InChI=1S/C62H42N4SSi/c1-3-20-47(21-4-1)68(48-22-5-2-6-23-48,49-24-15-18-42(37-49)43-33-35-55-61(38-43)66-56-29-11-7-17-44(56)41-67-62(66)63-55)50-25-16-19-45(39-50)64-59-32-14-10-28-53(59)54-40-46(34-36-60(54)64)65-57-30-12-8-26-51(57)52-27-9-13-31-58(52)65/h1-40H,41H2. The number of imidazole rings is 1. The van der Waals surface area contributed by atoms with E-state index in [1.807, 2.05) is 11.8 Å². The summed E-state index contributed by atoms with van der Waals surface area (Å²) in [6.07, 6.45) is 0. The summed E-state index contributed by atoms with van der Waals surface area (Å²) in [6, 6.07) is 90.4. The molecule has 68 heavy (non-hydrogen) atoms. The van der Waals surface area contributed by atoms with Crippen molar-refractivity contribution in [1.29, 1.82) is 0 Å². The first-order chi connectivity index (χ1) is 33.7. The lowest BCUT2D eigenvalue weighted by atomic mass is 10.0. The van der Waals surface area contributed by atoms with E-state index in [0.717, 1.165) is 33.3 Å². The lowest BCUT2D eigenvalue weighted by molar-refractivity contribution is 0.894. The number of fused-ring (bicyclic) bond motifs is 11. The number of nitrogens with zero attached hydrogens (tertiary/aromatic N) is 4. The van der Waals surface area contributed by atoms with E-state index in [4.69, 9.17) is 4.98 Å². The minimum Gasteiger partial charge on any atom is -0.309 e. The molecule has 0 unspecified atom stereocenters. The maximum Gasteiger partial charge on any atom is 0.179 e. The zero-order chi connectivity index (χ0) is 44.8. The number of hydrogen-bond donors (Lipinski definition) is 0. The van der Waals surface area contributed by atoms with Crippen molar-refractivity contribution in [3.05, 3.63) is 248 Å². The van der Waals surface area contributed by atoms with Gasteiger partial charge in [-0.2, -0.15) is 0 Å². The van der Waals surface area contributed by atoms with Crippen LogP contribution in [0.15, 0.2) is 248 Å². The first-order valence-corrected chi connectivity index (χ1v) is 26.3. The Morgan fingerprint density at radius 1 is 0.353 bits per heavy atom. The molecule has 0 saturated carbocycles. The van der Waals surface area contributed by atoms with Crippen molar-refractivity contribution in [2.45, 2.75) is 10.9 Å². The van der Waals surface area contributed by atoms with Crippen LogP contribution in [-0.2, 0) is 5.75 Å². The summed E-state index contributed by atoms with van der Waals surface area (Å²) in [6.45, 7) is 0. The Balaban J connectivity index is 0.969. The number of thioether (sulfide) groups is 1. The molecular weight excluding hydrogens is 861 g/mol. The minimum atomic E-state index is -2.99. The molecule has 0 N–H and O–H groups in total. The monoisotopic (exact) mass is 902 g/mol. The summed E-state index contributed by atoms with van der Waals surface area (Å²) in [5.74, 6) is 0.933. The van der Waals surface area contributed by atoms with Crippen molar-refractivity contribution in [2.75, 3.05) is 0 Å². The van der Waals surface area contributed by atoms with Crippen LogP contribution in [-0.4, -0.2) is 26.8 Å². The third kappa shape index (κ3) is 5.84. The van der Waals surface area contributed by atoms with Gasteiger partial charge in [0.1, 0.15) is 0 Å². The SMILES string of the molecule is c1ccc([Si](c2ccccc2)(c2cccc(-c3ccc4nc5n(c4c3)-c3ccccc3CS5)c2)c2cccc(-n3c4ccccc4c4cc(-n5c6ccccc6c6ccccc65)ccc43)c2)cc1. The second kappa shape index (κ2) is 15.5. The largest absolute Gasteiger partial charge is 0.309 e. The molecule has 0 saturated heterocycles. The van der Waals surface area contributed by atoms with Crippen LogP contribution in [0.2, 0.25) is 0 Å². The van der Waals surface area contributed by atoms with Crippen LogP contribution in [0.3, 0.4) is 0 Å². The lowest BCUT2D eigenvalue weighted by Gasteiger charge is -2.35. The molecule has 6 heteroatoms. The second-order valence-corrected chi connectivity index (χ2v) is 22.6. The fourth-order valence-corrected chi connectivity index (χ4v) is 17.2. The fraction of sp³-hybridized carbons (Fsp3) is 0.0161. The van der Waals surface area contributed by atoms with Crippen LogP contribution in [0.1, 0.15) is 5.56 Å². The van der Waals surface area contributed by atoms with E-state index >= 15 is 0 Å². The van der Waals surface area contributed by atoms with Gasteiger partial charge in [-0.15, -0.1) is 0 Å². The molecule has 0 spiro atoms. The van der Waals surface area contributed by atoms with Gasteiger partial charge in [-0.1, -0.05) is 188 Å². The van der Waals surface area contributed by atoms with Crippen molar-refractivity contribution < 1.29 is 0 Å². The highest BCUT2D eigenvalue weighted by atomic mass is 32.2. The molecule has 0 radical (unpaired) electrons. The Hall–Kier alpha value is -8.16. The van der Waals surface area contributed by atoms with Crippen LogP contribution in [0.25, 0.3) is 82.8 Å². The Labute approximate surface area is 399 Å². The van der Waals surface area contributed by atoms with Crippen LogP contribution in [0.5, 0.6) is 0 Å². The average Bonchev–Trinajstić information content (AvgIpc) is 4.07. The van der Waals surface area contributed by atoms with E-state index in [1.165, 1.54) is 86.7 Å². The topological polar surface area (TPSA) is 27.7 Å². The average molecular weight is 903 g/mol. The van der Waals surface area contributed by atoms with Crippen LogP contribution >= 0.6 is 11.8 Å². The molecule has 13 aromatic rings. The zero-order valence-corrected chi connectivity index (χ0v) is 38.8. The maximum atomic E-state index is 5.10. The molecule has 14 rings (SSSR count). The Bertz CT molecular complexity index is 4020.